The Balaban J connectivity index is 2.01. The molecule has 0 saturated carbocycles. The van der Waals surface area contributed by atoms with Crippen LogP contribution >= 0.6 is 0 Å². The van der Waals surface area contributed by atoms with Crippen molar-refractivity contribution in [2.45, 2.75) is 58.2 Å². The molecule has 0 amide bonds. The second-order valence-electron chi connectivity index (χ2n) is 5.69. The lowest BCUT2D eigenvalue weighted by molar-refractivity contribution is -0.0372. The van der Waals surface area contributed by atoms with E-state index < -0.39 is 0 Å². The van der Waals surface area contributed by atoms with Gasteiger partial charge in [-0.2, -0.15) is 0 Å². The van der Waals surface area contributed by atoms with Crippen LogP contribution in [0.1, 0.15) is 40.0 Å². The van der Waals surface area contributed by atoms with E-state index in [0.717, 1.165) is 32.1 Å². The lowest BCUT2D eigenvalue weighted by atomic mass is 9.88. The van der Waals surface area contributed by atoms with E-state index >= 15 is 0 Å². The first-order valence-electron chi connectivity index (χ1n) is 7.31. The van der Waals surface area contributed by atoms with Crippen LogP contribution < -0.4 is 5.32 Å². The molecule has 2 saturated heterocycles. The summed E-state index contributed by atoms with van der Waals surface area (Å²) in [5.41, 5.74) is 0. The Kier molecular flexibility index (Phi) is 4.83. The minimum Gasteiger partial charge on any atom is -0.380 e. The maximum atomic E-state index is 5.71. The van der Waals surface area contributed by atoms with Crippen molar-refractivity contribution >= 4 is 0 Å². The molecule has 2 aliphatic rings. The van der Waals surface area contributed by atoms with Crippen LogP contribution in [0.3, 0.4) is 0 Å². The highest BCUT2D eigenvalue weighted by atomic mass is 16.5. The van der Waals surface area contributed by atoms with Crippen molar-refractivity contribution < 1.29 is 4.74 Å². The Morgan fingerprint density at radius 1 is 1.29 bits per heavy atom. The number of rotatable bonds is 3. The number of piperidine rings is 1. The Morgan fingerprint density at radius 3 is 2.88 bits per heavy atom. The SMILES string of the molecule is CCNC1CCOCC1N1CCCC(C)C1C. The third-order valence-corrected chi connectivity index (χ3v) is 4.64. The van der Waals surface area contributed by atoms with Gasteiger partial charge in [0.15, 0.2) is 0 Å². The fourth-order valence-electron chi connectivity index (χ4n) is 3.39. The van der Waals surface area contributed by atoms with Gasteiger partial charge in [0.2, 0.25) is 0 Å². The number of likely N-dealkylation sites (tertiary alicyclic amines) is 1. The first-order valence-corrected chi connectivity index (χ1v) is 7.31. The fraction of sp³-hybridized carbons (Fsp3) is 1.00. The predicted molar refractivity (Wildman–Crippen MR) is 71.3 cm³/mol. The zero-order chi connectivity index (χ0) is 12.3. The predicted octanol–water partition coefficient (Wildman–Crippen LogP) is 1.87. The smallest absolute Gasteiger partial charge is 0.0637 e. The molecule has 17 heavy (non-hydrogen) atoms. The molecule has 0 aromatic heterocycles. The van der Waals surface area contributed by atoms with Crippen LogP contribution in [0.15, 0.2) is 0 Å². The molecule has 0 bridgehead atoms. The van der Waals surface area contributed by atoms with Gasteiger partial charge in [-0.05, 0) is 45.2 Å². The number of hydrogen-bond acceptors (Lipinski definition) is 3. The summed E-state index contributed by atoms with van der Waals surface area (Å²) >= 11 is 0. The first kappa shape index (κ1) is 13.3. The Morgan fingerprint density at radius 2 is 2.12 bits per heavy atom. The van der Waals surface area contributed by atoms with E-state index in [4.69, 9.17) is 4.74 Å². The zero-order valence-electron chi connectivity index (χ0n) is 11.6. The summed E-state index contributed by atoms with van der Waals surface area (Å²) < 4.78 is 5.71. The number of hydrogen-bond donors (Lipinski definition) is 1. The van der Waals surface area contributed by atoms with Crippen LogP contribution in [0.5, 0.6) is 0 Å². The molecule has 4 atom stereocenters. The number of nitrogens with zero attached hydrogens (tertiary/aromatic N) is 1. The minimum absolute atomic E-state index is 0.585. The molecule has 100 valence electrons. The third kappa shape index (κ3) is 3.01. The van der Waals surface area contributed by atoms with E-state index in [1.54, 1.807) is 0 Å². The Hall–Kier alpha value is -0.120. The molecule has 4 unspecified atom stereocenters. The van der Waals surface area contributed by atoms with E-state index in [0.29, 0.717) is 18.1 Å². The summed E-state index contributed by atoms with van der Waals surface area (Å²) in [5, 5.41) is 3.65. The molecule has 3 nitrogen and oxygen atoms in total. The second kappa shape index (κ2) is 6.17. The van der Waals surface area contributed by atoms with Gasteiger partial charge in [0, 0.05) is 24.7 Å². The van der Waals surface area contributed by atoms with Crippen LogP contribution in [-0.2, 0) is 4.74 Å². The summed E-state index contributed by atoms with van der Waals surface area (Å²) in [7, 11) is 0. The van der Waals surface area contributed by atoms with Gasteiger partial charge in [-0.1, -0.05) is 13.8 Å². The van der Waals surface area contributed by atoms with Gasteiger partial charge in [-0.15, -0.1) is 0 Å². The van der Waals surface area contributed by atoms with Crippen LogP contribution in [0.25, 0.3) is 0 Å². The molecule has 0 aliphatic carbocycles. The largest absolute Gasteiger partial charge is 0.380 e. The van der Waals surface area contributed by atoms with E-state index in [9.17, 15) is 0 Å². The quantitative estimate of drug-likeness (QED) is 0.815. The average Bonchev–Trinajstić information content (AvgIpc) is 2.34. The summed E-state index contributed by atoms with van der Waals surface area (Å²) in [6, 6.07) is 1.92. The minimum atomic E-state index is 0.585. The molecule has 0 aromatic carbocycles. The molecule has 1 N–H and O–H groups in total. The number of likely N-dealkylation sites (N-methyl/N-ethyl adjacent to an activating group) is 1. The van der Waals surface area contributed by atoms with Gasteiger partial charge in [0.05, 0.1) is 6.61 Å². The van der Waals surface area contributed by atoms with Gasteiger partial charge in [-0.25, -0.2) is 0 Å². The van der Waals surface area contributed by atoms with Crippen molar-refractivity contribution in [3.8, 4) is 0 Å². The molecule has 2 aliphatic heterocycles. The van der Waals surface area contributed by atoms with Crippen molar-refractivity contribution in [2.24, 2.45) is 5.92 Å². The fourth-order valence-corrected chi connectivity index (χ4v) is 3.39. The summed E-state index contributed by atoms with van der Waals surface area (Å²) in [6.07, 6.45) is 3.90. The maximum Gasteiger partial charge on any atom is 0.0637 e. The molecule has 0 radical (unpaired) electrons. The molecule has 2 heterocycles. The van der Waals surface area contributed by atoms with Crippen LogP contribution in [0.4, 0.5) is 0 Å². The highest BCUT2D eigenvalue weighted by Crippen LogP contribution is 2.27. The Bertz CT molecular complexity index is 232. The van der Waals surface area contributed by atoms with Gasteiger partial charge in [-0.3, -0.25) is 4.90 Å². The van der Waals surface area contributed by atoms with Crippen LogP contribution in [0, 0.1) is 5.92 Å². The van der Waals surface area contributed by atoms with E-state index in [1.165, 1.54) is 19.4 Å². The molecule has 0 aromatic rings. The molecular weight excluding hydrogens is 212 g/mol. The van der Waals surface area contributed by atoms with Crippen LogP contribution in [-0.4, -0.2) is 49.3 Å². The summed E-state index contributed by atoms with van der Waals surface area (Å²) in [6.45, 7) is 11.1. The third-order valence-electron chi connectivity index (χ3n) is 4.64. The molecule has 2 fully saturated rings. The molecule has 3 heteroatoms. The van der Waals surface area contributed by atoms with Crippen molar-refractivity contribution in [1.29, 1.82) is 0 Å². The topological polar surface area (TPSA) is 24.5 Å². The van der Waals surface area contributed by atoms with Crippen molar-refractivity contribution in [1.82, 2.24) is 10.2 Å². The highest BCUT2D eigenvalue weighted by molar-refractivity contribution is 4.92. The highest BCUT2D eigenvalue weighted by Gasteiger charge is 2.36. The standard InChI is InChI=1S/C14H28N2O/c1-4-15-13-7-9-17-10-14(13)16-8-5-6-11(2)12(16)3/h11-15H,4-10H2,1-3H3. The molecular formula is C14H28N2O. The van der Waals surface area contributed by atoms with Gasteiger partial charge in [0.25, 0.3) is 0 Å². The number of ether oxygens (including phenoxy) is 1. The maximum absolute atomic E-state index is 5.71. The molecule has 2 rings (SSSR count). The lowest BCUT2D eigenvalue weighted by Gasteiger charge is -2.47. The molecule has 0 spiro atoms. The van der Waals surface area contributed by atoms with Crippen molar-refractivity contribution in [3.05, 3.63) is 0 Å². The lowest BCUT2D eigenvalue weighted by Crippen LogP contribution is -2.60. The normalized spacial score (nSPS) is 40.4. The van der Waals surface area contributed by atoms with Crippen molar-refractivity contribution in [2.75, 3.05) is 26.3 Å². The second-order valence-corrected chi connectivity index (χ2v) is 5.69. The Labute approximate surface area is 106 Å². The number of nitrogens with one attached hydrogen (secondary N) is 1. The average molecular weight is 240 g/mol. The summed E-state index contributed by atoms with van der Waals surface area (Å²) in [4.78, 5) is 2.70. The zero-order valence-corrected chi connectivity index (χ0v) is 11.6. The van der Waals surface area contributed by atoms with E-state index in [2.05, 4.69) is 31.0 Å². The van der Waals surface area contributed by atoms with Crippen LogP contribution in [0.2, 0.25) is 0 Å². The van der Waals surface area contributed by atoms with E-state index in [1.807, 2.05) is 0 Å². The van der Waals surface area contributed by atoms with Gasteiger partial charge >= 0.3 is 0 Å². The van der Waals surface area contributed by atoms with Gasteiger partial charge in [0.1, 0.15) is 0 Å². The monoisotopic (exact) mass is 240 g/mol. The van der Waals surface area contributed by atoms with Crippen molar-refractivity contribution in [3.63, 3.8) is 0 Å². The first-order chi connectivity index (χ1) is 8.24. The van der Waals surface area contributed by atoms with E-state index in [-0.39, 0.29) is 0 Å². The van der Waals surface area contributed by atoms with Gasteiger partial charge < -0.3 is 10.1 Å². The summed E-state index contributed by atoms with van der Waals surface area (Å²) in [5.74, 6) is 0.827.